The topological polar surface area (TPSA) is 90.9 Å². The Balaban J connectivity index is 2.35. The minimum absolute atomic E-state index is 0.326. The lowest BCUT2D eigenvalue weighted by molar-refractivity contribution is 0.182. The molecule has 0 fully saturated rings. The Bertz CT molecular complexity index is 517. The molecule has 1 unspecified atom stereocenters. The van der Waals surface area contributed by atoms with Gasteiger partial charge < -0.3 is 4.74 Å². The van der Waals surface area contributed by atoms with Gasteiger partial charge in [0.1, 0.15) is 6.33 Å². The number of aromatic nitrogens is 4. The van der Waals surface area contributed by atoms with Gasteiger partial charge in [0.2, 0.25) is 0 Å². The molecule has 0 aliphatic heterocycles. The smallest absolute Gasteiger partial charge is 0.115 e. The summed E-state index contributed by atoms with van der Waals surface area (Å²) in [4.78, 5) is 7.96. The van der Waals surface area contributed by atoms with Gasteiger partial charge in [-0.25, -0.2) is 15.4 Å². The van der Waals surface area contributed by atoms with Crippen LogP contribution in [0.15, 0.2) is 24.9 Å². The van der Waals surface area contributed by atoms with Gasteiger partial charge in [0.15, 0.2) is 0 Å². The molecular weight excluding hydrogens is 268 g/mol. The Hall–Kier alpha value is -1.54. The average molecular weight is 283 g/mol. The number of rotatable bonds is 6. The first-order valence-electron chi connectivity index (χ1n) is 5.69. The average Bonchev–Trinajstić information content (AvgIpc) is 2.80. The Morgan fingerprint density at radius 3 is 2.79 bits per heavy atom. The van der Waals surface area contributed by atoms with Crippen LogP contribution in [0.3, 0.4) is 0 Å². The SMILES string of the molecule is COCCn1ncc(Cl)c1C(NN)c1cncnc1. The van der Waals surface area contributed by atoms with Gasteiger partial charge in [0.25, 0.3) is 0 Å². The summed E-state index contributed by atoms with van der Waals surface area (Å²) in [5, 5.41) is 4.75. The molecule has 0 aromatic carbocycles. The van der Waals surface area contributed by atoms with Crippen LogP contribution in [-0.4, -0.2) is 33.5 Å². The summed E-state index contributed by atoms with van der Waals surface area (Å²) in [5.74, 6) is 5.63. The molecule has 1 atom stereocenters. The zero-order valence-corrected chi connectivity index (χ0v) is 11.2. The van der Waals surface area contributed by atoms with Crippen LogP contribution in [0.4, 0.5) is 0 Å². The lowest BCUT2D eigenvalue weighted by Crippen LogP contribution is -2.31. The normalized spacial score (nSPS) is 12.6. The molecular formula is C11H15ClN6O. The highest BCUT2D eigenvalue weighted by molar-refractivity contribution is 6.31. The number of hydrogen-bond acceptors (Lipinski definition) is 6. The molecule has 2 aromatic rings. The van der Waals surface area contributed by atoms with E-state index in [9.17, 15) is 0 Å². The summed E-state index contributed by atoms with van der Waals surface area (Å²) in [5.41, 5.74) is 4.28. The second-order valence-corrected chi connectivity index (χ2v) is 4.27. The number of nitrogens with two attached hydrogens (primary N) is 1. The van der Waals surface area contributed by atoms with E-state index in [1.165, 1.54) is 6.33 Å². The predicted octanol–water partition coefficient (Wildman–Crippen LogP) is 0.526. The van der Waals surface area contributed by atoms with Gasteiger partial charge in [0.05, 0.1) is 36.1 Å². The number of hydrogen-bond donors (Lipinski definition) is 2. The monoisotopic (exact) mass is 282 g/mol. The zero-order valence-electron chi connectivity index (χ0n) is 10.5. The summed E-state index contributed by atoms with van der Waals surface area (Å²) in [6, 6.07) is -0.326. The van der Waals surface area contributed by atoms with E-state index in [4.69, 9.17) is 22.2 Å². The van der Waals surface area contributed by atoms with E-state index in [1.54, 1.807) is 30.4 Å². The van der Waals surface area contributed by atoms with Gasteiger partial charge in [0, 0.05) is 25.1 Å². The largest absolute Gasteiger partial charge is 0.383 e. The molecule has 2 heterocycles. The van der Waals surface area contributed by atoms with Crippen LogP contribution in [0.2, 0.25) is 5.02 Å². The van der Waals surface area contributed by atoms with Crippen molar-refractivity contribution in [1.29, 1.82) is 0 Å². The van der Waals surface area contributed by atoms with Crippen LogP contribution < -0.4 is 11.3 Å². The lowest BCUT2D eigenvalue weighted by atomic mass is 10.1. The van der Waals surface area contributed by atoms with Crippen LogP contribution in [0.25, 0.3) is 0 Å². The van der Waals surface area contributed by atoms with E-state index in [0.29, 0.717) is 18.2 Å². The Morgan fingerprint density at radius 1 is 1.42 bits per heavy atom. The Morgan fingerprint density at radius 2 is 2.16 bits per heavy atom. The highest BCUT2D eigenvalue weighted by Gasteiger charge is 2.21. The summed E-state index contributed by atoms with van der Waals surface area (Å²) in [7, 11) is 1.63. The maximum atomic E-state index is 6.19. The first-order valence-corrected chi connectivity index (χ1v) is 6.07. The molecule has 0 saturated carbocycles. The van der Waals surface area contributed by atoms with Crippen molar-refractivity contribution in [3.63, 3.8) is 0 Å². The predicted molar refractivity (Wildman–Crippen MR) is 70.3 cm³/mol. The third kappa shape index (κ3) is 3.07. The molecule has 0 bridgehead atoms. The van der Waals surface area contributed by atoms with Crippen molar-refractivity contribution in [3.8, 4) is 0 Å². The molecule has 0 amide bonds. The van der Waals surface area contributed by atoms with Gasteiger partial charge in [-0.1, -0.05) is 11.6 Å². The van der Waals surface area contributed by atoms with Gasteiger partial charge in [-0.3, -0.25) is 10.5 Å². The van der Waals surface area contributed by atoms with Crippen molar-refractivity contribution in [3.05, 3.63) is 41.2 Å². The molecule has 0 aliphatic rings. The number of nitrogens with zero attached hydrogens (tertiary/aromatic N) is 4. The van der Waals surface area contributed by atoms with Gasteiger partial charge in [-0.05, 0) is 0 Å². The lowest BCUT2D eigenvalue weighted by Gasteiger charge is -2.18. The van der Waals surface area contributed by atoms with Crippen molar-refractivity contribution in [2.45, 2.75) is 12.6 Å². The fourth-order valence-corrected chi connectivity index (χ4v) is 2.06. The van der Waals surface area contributed by atoms with Crippen LogP contribution >= 0.6 is 11.6 Å². The van der Waals surface area contributed by atoms with Crippen molar-refractivity contribution < 1.29 is 4.74 Å². The maximum Gasteiger partial charge on any atom is 0.115 e. The molecule has 19 heavy (non-hydrogen) atoms. The molecule has 7 nitrogen and oxygen atoms in total. The van der Waals surface area contributed by atoms with E-state index in [-0.39, 0.29) is 6.04 Å². The molecule has 0 saturated heterocycles. The number of nitrogens with one attached hydrogen (secondary N) is 1. The highest BCUT2D eigenvalue weighted by atomic mass is 35.5. The van der Waals surface area contributed by atoms with Gasteiger partial charge in [-0.15, -0.1) is 0 Å². The van der Waals surface area contributed by atoms with Crippen molar-refractivity contribution in [2.24, 2.45) is 5.84 Å². The van der Waals surface area contributed by atoms with Crippen molar-refractivity contribution >= 4 is 11.6 Å². The summed E-state index contributed by atoms with van der Waals surface area (Å²) in [6.07, 6.45) is 6.41. The number of hydrazine groups is 1. The quantitative estimate of drug-likeness (QED) is 0.593. The summed E-state index contributed by atoms with van der Waals surface area (Å²) < 4.78 is 6.80. The van der Waals surface area contributed by atoms with Crippen molar-refractivity contribution in [1.82, 2.24) is 25.2 Å². The summed E-state index contributed by atoms with van der Waals surface area (Å²) in [6.45, 7) is 1.12. The van der Waals surface area contributed by atoms with Gasteiger partial charge >= 0.3 is 0 Å². The molecule has 2 rings (SSSR count). The fourth-order valence-electron chi connectivity index (χ4n) is 1.81. The molecule has 3 N–H and O–H groups in total. The highest BCUT2D eigenvalue weighted by Crippen LogP contribution is 2.26. The zero-order chi connectivity index (χ0) is 13.7. The number of ether oxygens (including phenoxy) is 1. The molecule has 8 heteroatoms. The molecule has 2 aromatic heterocycles. The standard InChI is InChI=1S/C11H15ClN6O/c1-19-3-2-18-11(9(12)6-16-18)10(17-13)8-4-14-7-15-5-8/h4-7,10,17H,2-3,13H2,1H3. The van der Waals surface area contributed by atoms with E-state index in [0.717, 1.165) is 11.3 Å². The first-order chi connectivity index (χ1) is 9.27. The maximum absolute atomic E-state index is 6.19. The molecule has 102 valence electrons. The number of halogens is 1. The molecule has 0 spiro atoms. The minimum Gasteiger partial charge on any atom is -0.383 e. The van der Waals surface area contributed by atoms with Crippen LogP contribution in [0.1, 0.15) is 17.3 Å². The van der Waals surface area contributed by atoms with E-state index < -0.39 is 0 Å². The molecule has 0 radical (unpaired) electrons. The Labute approximate surface area is 115 Å². The van der Waals surface area contributed by atoms with E-state index in [1.807, 2.05) is 0 Å². The third-order valence-corrected chi connectivity index (χ3v) is 2.99. The van der Waals surface area contributed by atoms with Gasteiger partial charge in [-0.2, -0.15) is 5.10 Å². The second-order valence-electron chi connectivity index (χ2n) is 3.87. The minimum atomic E-state index is -0.326. The Kier molecular flexibility index (Phi) is 4.80. The second kappa shape index (κ2) is 6.58. The first kappa shape index (κ1) is 13.9. The summed E-state index contributed by atoms with van der Waals surface area (Å²) >= 11 is 6.19. The fraction of sp³-hybridized carbons (Fsp3) is 0.364. The third-order valence-electron chi connectivity index (χ3n) is 2.69. The van der Waals surface area contributed by atoms with E-state index in [2.05, 4.69) is 20.5 Å². The van der Waals surface area contributed by atoms with Crippen LogP contribution in [-0.2, 0) is 11.3 Å². The van der Waals surface area contributed by atoms with Crippen molar-refractivity contribution in [2.75, 3.05) is 13.7 Å². The molecule has 0 aliphatic carbocycles. The van der Waals surface area contributed by atoms with Crippen LogP contribution in [0.5, 0.6) is 0 Å². The van der Waals surface area contributed by atoms with E-state index >= 15 is 0 Å². The van der Waals surface area contributed by atoms with Crippen LogP contribution in [0, 0.1) is 0 Å². The number of methoxy groups -OCH3 is 1.